The van der Waals surface area contributed by atoms with Gasteiger partial charge < -0.3 is 14.5 Å². The van der Waals surface area contributed by atoms with Crippen LogP contribution in [0.2, 0.25) is 0 Å². The number of likely N-dealkylation sites (N-methyl/N-ethyl adjacent to an activating group) is 1. The average molecular weight is 297 g/mol. The summed E-state index contributed by atoms with van der Waals surface area (Å²) in [5, 5.41) is 0. The number of hydrogen-bond acceptors (Lipinski definition) is 4. The van der Waals surface area contributed by atoms with Crippen LogP contribution in [0, 0.1) is 0 Å². The molecule has 1 unspecified atom stereocenters. The first-order valence-electron chi connectivity index (χ1n) is 7.58. The number of carbonyl (C=O) groups excluding carboxylic acids is 2. The van der Waals surface area contributed by atoms with Crippen LogP contribution in [-0.4, -0.2) is 77.6 Å². The summed E-state index contributed by atoms with van der Waals surface area (Å²) in [5.74, 6) is 0.109. The van der Waals surface area contributed by atoms with Gasteiger partial charge in [0.05, 0.1) is 5.54 Å². The van der Waals surface area contributed by atoms with Gasteiger partial charge in [0.1, 0.15) is 5.60 Å². The Morgan fingerprint density at radius 1 is 1.05 bits per heavy atom. The summed E-state index contributed by atoms with van der Waals surface area (Å²) in [6.45, 7) is 10.9. The Labute approximate surface area is 127 Å². The lowest BCUT2D eigenvalue weighted by Gasteiger charge is -2.47. The highest BCUT2D eigenvalue weighted by Crippen LogP contribution is 2.31. The van der Waals surface area contributed by atoms with Crippen molar-refractivity contribution in [2.24, 2.45) is 0 Å². The average Bonchev–Trinajstić information content (AvgIpc) is 2.76. The molecule has 2 amide bonds. The molecule has 120 valence electrons. The van der Waals surface area contributed by atoms with E-state index in [1.165, 1.54) is 0 Å². The van der Waals surface area contributed by atoms with E-state index in [2.05, 4.69) is 11.9 Å². The van der Waals surface area contributed by atoms with Crippen molar-refractivity contribution in [1.29, 1.82) is 0 Å². The van der Waals surface area contributed by atoms with E-state index in [0.29, 0.717) is 19.6 Å². The molecule has 2 heterocycles. The number of carbonyl (C=O) groups is 2. The van der Waals surface area contributed by atoms with E-state index in [1.54, 1.807) is 11.8 Å². The quantitative estimate of drug-likeness (QED) is 0.673. The first kappa shape index (κ1) is 16.1. The van der Waals surface area contributed by atoms with Crippen LogP contribution in [0.5, 0.6) is 0 Å². The SMILES string of the molecule is CC(=O)N1CCN(C)C2(CCN(C(=O)OC(C)(C)C)C2)C1. The van der Waals surface area contributed by atoms with Crippen LogP contribution in [0.3, 0.4) is 0 Å². The van der Waals surface area contributed by atoms with Crippen molar-refractivity contribution < 1.29 is 14.3 Å². The van der Waals surface area contributed by atoms with Crippen LogP contribution in [-0.2, 0) is 9.53 Å². The van der Waals surface area contributed by atoms with Gasteiger partial charge in [0.2, 0.25) is 5.91 Å². The van der Waals surface area contributed by atoms with Crippen molar-refractivity contribution in [3.05, 3.63) is 0 Å². The molecule has 1 atom stereocenters. The zero-order valence-electron chi connectivity index (χ0n) is 13.8. The largest absolute Gasteiger partial charge is 0.444 e. The van der Waals surface area contributed by atoms with Crippen LogP contribution >= 0.6 is 0 Å². The van der Waals surface area contributed by atoms with E-state index >= 15 is 0 Å². The minimum atomic E-state index is -0.475. The number of piperazine rings is 1. The van der Waals surface area contributed by atoms with Crippen molar-refractivity contribution >= 4 is 12.0 Å². The number of rotatable bonds is 0. The molecule has 0 aromatic carbocycles. The fourth-order valence-corrected chi connectivity index (χ4v) is 3.11. The first-order chi connectivity index (χ1) is 9.63. The molecule has 21 heavy (non-hydrogen) atoms. The molecule has 6 heteroatoms. The van der Waals surface area contributed by atoms with Gasteiger partial charge in [-0.3, -0.25) is 9.69 Å². The van der Waals surface area contributed by atoms with Crippen molar-refractivity contribution in [3.8, 4) is 0 Å². The summed E-state index contributed by atoms with van der Waals surface area (Å²) in [6.07, 6.45) is 0.625. The van der Waals surface area contributed by atoms with Crippen molar-refractivity contribution in [3.63, 3.8) is 0 Å². The van der Waals surface area contributed by atoms with Crippen molar-refractivity contribution in [2.45, 2.75) is 45.3 Å². The number of nitrogens with zero attached hydrogens (tertiary/aromatic N) is 3. The van der Waals surface area contributed by atoms with E-state index in [9.17, 15) is 9.59 Å². The molecule has 0 aromatic heterocycles. The molecule has 6 nitrogen and oxygen atoms in total. The Kier molecular flexibility index (Phi) is 4.19. The zero-order valence-corrected chi connectivity index (χ0v) is 13.8. The number of amides is 2. The van der Waals surface area contributed by atoms with Gasteiger partial charge in [0.25, 0.3) is 0 Å². The van der Waals surface area contributed by atoms with Gasteiger partial charge in [0, 0.05) is 39.6 Å². The summed E-state index contributed by atoms with van der Waals surface area (Å²) in [6, 6.07) is 0. The molecule has 2 fully saturated rings. The Balaban J connectivity index is 2.05. The van der Waals surface area contributed by atoms with Crippen molar-refractivity contribution in [2.75, 3.05) is 39.8 Å². The van der Waals surface area contributed by atoms with E-state index < -0.39 is 5.60 Å². The fraction of sp³-hybridized carbons (Fsp3) is 0.867. The van der Waals surface area contributed by atoms with Gasteiger partial charge in [-0.15, -0.1) is 0 Å². The number of hydrogen-bond donors (Lipinski definition) is 0. The van der Waals surface area contributed by atoms with E-state index in [0.717, 1.165) is 19.5 Å². The van der Waals surface area contributed by atoms with E-state index in [-0.39, 0.29) is 17.5 Å². The van der Waals surface area contributed by atoms with Crippen LogP contribution in [0.4, 0.5) is 4.79 Å². The molecule has 0 N–H and O–H groups in total. The second kappa shape index (κ2) is 5.48. The lowest BCUT2D eigenvalue weighted by Crippen LogP contribution is -2.63. The molecular weight excluding hydrogens is 270 g/mol. The monoisotopic (exact) mass is 297 g/mol. The minimum Gasteiger partial charge on any atom is -0.444 e. The lowest BCUT2D eigenvalue weighted by atomic mass is 9.93. The van der Waals surface area contributed by atoms with Gasteiger partial charge >= 0.3 is 6.09 Å². The molecule has 0 saturated carbocycles. The van der Waals surface area contributed by atoms with Crippen LogP contribution in [0.25, 0.3) is 0 Å². The normalized spacial score (nSPS) is 27.3. The molecular formula is C15H27N3O3. The third-order valence-corrected chi connectivity index (χ3v) is 4.43. The van der Waals surface area contributed by atoms with Crippen molar-refractivity contribution in [1.82, 2.24) is 14.7 Å². The van der Waals surface area contributed by atoms with Crippen LogP contribution in [0.15, 0.2) is 0 Å². The highest BCUT2D eigenvalue weighted by atomic mass is 16.6. The van der Waals surface area contributed by atoms with Gasteiger partial charge in [-0.1, -0.05) is 0 Å². The lowest BCUT2D eigenvalue weighted by molar-refractivity contribution is -0.133. The summed E-state index contributed by atoms with van der Waals surface area (Å²) in [7, 11) is 2.08. The smallest absolute Gasteiger partial charge is 0.410 e. The summed E-state index contributed by atoms with van der Waals surface area (Å²) < 4.78 is 5.45. The summed E-state index contributed by atoms with van der Waals surface area (Å²) >= 11 is 0. The van der Waals surface area contributed by atoms with Crippen LogP contribution < -0.4 is 0 Å². The highest BCUT2D eigenvalue weighted by Gasteiger charge is 2.47. The zero-order chi connectivity index (χ0) is 15.8. The molecule has 2 aliphatic heterocycles. The van der Waals surface area contributed by atoms with Gasteiger partial charge in [-0.05, 0) is 34.2 Å². The third kappa shape index (κ3) is 3.48. The maximum absolute atomic E-state index is 12.2. The van der Waals surface area contributed by atoms with E-state index in [4.69, 9.17) is 4.74 Å². The third-order valence-electron chi connectivity index (χ3n) is 4.43. The van der Waals surface area contributed by atoms with Gasteiger partial charge in [-0.25, -0.2) is 4.79 Å². The Morgan fingerprint density at radius 3 is 2.24 bits per heavy atom. The second-order valence-electron chi connectivity index (χ2n) is 7.24. The second-order valence-corrected chi connectivity index (χ2v) is 7.24. The minimum absolute atomic E-state index is 0.109. The standard InChI is InChI=1S/C15H27N3O3/c1-12(19)17-9-8-16(5)15(10-17)6-7-18(11-15)13(20)21-14(2,3)4/h6-11H2,1-5H3. The highest BCUT2D eigenvalue weighted by molar-refractivity contribution is 5.73. The topological polar surface area (TPSA) is 53.1 Å². The Bertz CT molecular complexity index is 432. The molecule has 2 saturated heterocycles. The predicted molar refractivity (Wildman–Crippen MR) is 80.0 cm³/mol. The molecule has 2 rings (SSSR count). The van der Waals surface area contributed by atoms with Gasteiger partial charge in [-0.2, -0.15) is 0 Å². The molecule has 1 spiro atoms. The fourth-order valence-electron chi connectivity index (χ4n) is 3.11. The number of likely N-dealkylation sites (tertiary alicyclic amines) is 1. The maximum Gasteiger partial charge on any atom is 0.410 e. The summed E-state index contributed by atoms with van der Waals surface area (Å²) in [5.41, 5.74) is -0.600. The maximum atomic E-state index is 12.2. The molecule has 0 bridgehead atoms. The number of ether oxygens (including phenoxy) is 1. The van der Waals surface area contributed by atoms with Crippen LogP contribution in [0.1, 0.15) is 34.1 Å². The molecule has 0 radical (unpaired) electrons. The first-order valence-corrected chi connectivity index (χ1v) is 7.58. The Hall–Kier alpha value is -1.30. The molecule has 0 aliphatic carbocycles. The molecule has 0 aromatic rings. The molecule has 2 aliphatic rings. The van der Waals surface area contributed by atoms with E-state index in [1.807, 2.05) is 25.7 Å². The van der Waals surface area contributed by atoms with Gasteiger partial charge in [0.15, 0.2) is 0 Å². The predicted octanol–water partition coefficient (Wildman–Crippen LogP) is 1.16. The summed E-state index contributed by atoms with van der Waals surface area (Å²) in [4.78, 5) is 29.8. The Morgan fingerprint density at radius 2 is 1.67 bits per heavy atom.